The van der Waals surface area contributed by atoms with Gasteiger partial charge in [-0.1, -0.05) is 0 Å². The topological polar surface area (TPSA) is 88.1 Å². The number of nitrogens with one attached hydrogen (secondary N) is 1. The lowest BCUT2D eigenvalue weighted by atomic mass is 10.2. The molecule has 2 rings (SSSR count). The number of hydrogen-bond donors (Lipinski definition) is 2. The molecule has 21 heavy (non-hydrogen) atoms. The van der Waals surface area contributed by atoms with Crippen LogP contribution in [0.1, 0.15) is 5.56 Å². The van der Waals surface area contributed by atoms with Gasteiger partial charge in [0.25, 0.3) is 5.91 Å². The average Bonchev–Trinajstić information content (AvgIpc) is 2.49. The van der Waals surface area contributed by atoms with Gasteiger partial charge in [-0.2, -0.15) is 5.26 Å². The number of nitrogens with two attached hydrogens (primary N) is 1. The molecular weight excluding hydrogens is 273 g/mol. The van der Waals surface area contributed by atoms with E-state index < -0.39 is 11.7 Å². The quantitative estimate of drug-likeness (QED) is 0.844. The highest BCUT2D eigenvalue weighted by atomic mass is 19.1. The SMILES string of the molecule is N#Cc1ccc(OCC(=O)Nc2cc(N)ccc2F)cc1. The molecule has 3 N–H and O–H groups in total. The first kappa shape index (κ1) is 14.3. The van der Waals surface area contributed by atoms with E-state index in [4.69, 9.17) is 15.7 Å². The summed E-state index contributed by atoms with van der Waals surface area (Å²) in [6.07, 6.45) is 0. The summed E-state index contributed by atoms with van der Waals surface area (Å²) in [5.74, 6) is -0.642. The molecule has 2 aromatic carbocycles. The summed E-state index contributed by atoms with van der Waals surface area (Å²) >= 11 is 0. The van der Waals surface area contributed by atoms with E-state index in [1.807, 2.05) is 6.07 Å². The third-order valence-electron chi connectivity index (χ3n) is 2.62. The lowest BCUT2D eigenvalue weighted by Crippen LogP contribution is -2.20. The van der Waals surface area contributed by atoms with E-state index in [1.165, 1.54) is 18.2 Å². The molecule has 0 aliphatic carbocycles. The van der Waals surface area contributed by atoms with Crippen molar-refractivity contribution in [2.45, 2.75) is 0 Å². The second-order valence-electron chi connectivity index (χ2n) is 4.21. The predicted octanol–water partition coefficient (Wildman–Crippen LogP) is 2.30. The standard InChI is InChI=1S/C15H12FN3O2/c16-13-6-3-11(18)7-14(13)19-15(20)9-21-12-4-1-10(8-17)2-5-12/h1-7H,9,18H2,(H,19,20). The number of amides is 1. The Labute approximate surface area is 120 Å². The highest BCUT2D eigenvalue weighted by molar-refractivity contribution is 5.92. The summed E-state index contributed by atoms with van der Waals surface area (Å²) in [6, 6.07) is 12.2. The van der Waals surface area contributed by atoms with Crippen molar-refractivity contribution >= 4 is 17.3 Å². The summed E-state index contributed by atoms with van der Waals surface area (Å²) in [5.41, 5.74) is 6.36. The number of anilines is 2. The molecule has 0 aromatic heterocycles. The molecule has 0 aliphatic rings. The number of hydrogen-bond acceptors (Lipinski definition) is 4. The lowest BCUT2D eigenvalue weighted by Gasteiger charge is -2.08. The first-order chi connectivity index (χ1) is 10.1. The zero-order valence-electron chi connectivity index (χ0n) is 11.0. The largest absolute Gasteiger partial charge is 0.484 e. The van der Waals surface area contributed by atoms with Crippen molar-refractivity contribution < 1.29 is 13.9 Å². The zero-order chi connectivity index (χ0) is 15.2. The summed E-state index contributed by atoms with van der Waals surface area (Å²) in [7, 11) is 0. The van der Waals surface area contributed by atoms with Crippen LogP contribution in [0.15, 0.2) is 42.5 Å². The second kappa shape index (κ2) is 6.39. The molecule has 0 fully saturated rings. The highest BCUT2D eigenvalue weighted by Gasteiger charge is 2.08. The van der Waals surface area contributed by atoms with Gasteiger partial charge in [0.05, 0.1) is 17.3 Å². The summed E-state index contributed by atoms with van der Waals surface area (Å²) in [6.45, 7) is -0.278. The molecule has 0 heterocycles. The lowest BCUT2D eigenvalue weighted by molar-refractivity contribution is -0.118. The van der Waals surface area contributed by atoms with Crippen molar-refractivity contribution in [3.8, 4) is 11.8 Å². The van der Waals surface area contributed by atoms with Crippen LogP contribution in [0.25, 0.3) is 0 Å². The van der Waals surface area contributed by atoms with Crippen LogP contribution in [0, 0.1) is 17.1 Å². The molecule has 0 spiro atoms. The Balaban J connectivity index is 1.92. The van der Waals surface area contributed by atoms with E-state index in [-0.39, 0.29) is 12.3 Å². The van der Waals surface area contributed by atoms with Gasteiger partial charge in [-0.15, -0.1) is 0 Å². The van der Waals surface area contributed by atoms with E-state index in [9.17, 15) is 9.18 Å². The molecule has 2 aromatic rings. The van der Waals surface area contributed by atoms with Crippen molar-refractivity contribution in [2.75, 3.05) is 17.7 Å². The average molecular weight is 285 g/mol. The minimum atomic E-state index is -0.573. The van der Waals surface area contributed by atoms with E-state index in [2.05, 4.69) is 5.32 Å². The Bertz CT molecular complexity index is 693. The number of benzene rings is 2. The van der Waals surface area contributed by atoms with Gasteiger partial charge in [0, 0.05) is 5.69 Å². The molecular formula is C15H12FN3O2. The number of rotatable bonds is 4. The molecule has 0 unspecified atom stereocenters. The van der Waals surface area contributed by atoms with Crippen molar-refractivity contribution in [1.29, 1.82) is 5.26 Å². The Hall–Kier alpha value is -3.07. The van der Waals surface area contributed by atoms with Gasteiger partial charge in [-0.25, -0.2) is 4.39 Å². The van der Waals surface area contributed by atoms with Crippen molar-refractivity contribution in [3.05, 3.63) is 53.8 Å². The third kappa shape index (κ3) is 3.94. The van der Waals surface area contributed by atoms with Crippen molar-refractivity contribution in [1.82, 2.24) is 0 Å². The van der Waals surface area contributed by atoms with Gasteiger partial charge >= 0.3 is 0 Å². The normalized spacial score (nSPS) is 9.71. The van der Waals surface area contributed by atoms with Crippen LogP contribution in [-0.4, -0.2) is 12.5 Å². The minimum Gasteiger partial charge on any atom is -0.484 e. The van der Waals surface area contributed by atoms with Crippen LogP contribution in [0.4, 0.5) is 15.8 Å². The third-order valence-corrected chi connectivity index (χ3v) is 2.62. The van der Waals surface area contributed by atoms with E-state index in [1.54, 1.807) is 24.3 Å². The number of halogens is 1. The molecule has 0 aliphatic heterocycles. The fourth-order valence-corrected chi connectivity index (χ4v) is 1.60. The minimum absolute atomic E-state index is 0.00317. The first-order valence-corrected chi connectivity index (χ1v) is 6.06. The molecule has 0 atom stereocenters. The van der Waals surface area contributed by atoms with Crippen LogP contribution < -0.4 is 15.8 Å². The Morgan fingerprint density at radius 2 is 2.00 bits per heavy atom. The number of nitriles is 1. The number of carbonyl (C=O) groups is 1. The zero-order valence-corrected chi connectivity index (χ0v) is 11.0. The Morgan fingerprint density at radius 3 is 2.67 bits per heavy atom. The van der Waals surface area contributed by atoms with E-state index >= 15 is 0 Å². The molecule has 0 saturated carbocycles. The molecule has 1 amide bonds. The molecule has 106 valence electrons. The molecule has 0 bridgehead atoms. The van der Waals surface area contributed by atoms with Crippen LogP contribution in [-0.2, 0) is 4.79 Å². The number of carbonyl (C=O) groups excluding carboxylic acids is 1. The number of ether oxygens (including phenoxy) is 1. The van der Waals surface area contributed by atoms with Crippen LogP contribution in [0.2, 0.25) is 0 Å². The van der Waals surface area contributed by atoms with Gasteiger partial charge in [-0.05, 0) is 42.5 Å². The monoisotopic (exact) mass is 285 g/mol. The van der Waals surface area contributed by atoms with Crippen LogP contribution in [0.3, 0.4) is 0 Å². The number of nitrogens with zero attached hydrogens (tertiary/aromatic N) is 1. The number of nitrogen functional groups attached to an aromatic ring is 1. The maximum absolute atomic E-state index is 13.4. The Kier molecular flexibility index (Phi) is 4.36. The summed E-state index contributed by atoms with van der Waals surface area (Å²) in [5, 5.41) is 11.0. The maximum Gasteiger partial charge on any atom is 0.262 e. The van der Waals surface area contributed by atoms with Crippen molar-refractivity contribution in [3.63, 3.8) is 0 Å². The molecule has 5 nitrogen and oxygen atoms in total. The maximum atomic E-state index is 13.4. The first-order valence-electron chi connectivity index (χ1n) is 6.06. The molecule has 0 radical (unpaired) electrons. The van der Waals surface area contributed by atoms with Gasteiger partial charge in [0.2, 0.25) is 0 Å². The van der Waals surface area contributed by atoms with Crippen LogP contribution >= 0.6 is 0 Å². The van der Waals surface area contributed by atoms with Gasteiger partial charge < -0.3 is 15.8 Å². The molecule has 0 saturated heterocycles. The summed E-state index contributed by atoms with van der Waals surface area (Å²) in [4.78, 5) is 11.7. The second-order valence-corrected chi connectivity index (χ2v) is 4.21. The van der Waals surface area contributed by atoms with Gasteiger partial charge in [0.15, 0.2) is 6.61 Å². The smallest absolute Gasteiger partial charge is 0.262 e. The highest BCUT2D eigenvalue weighted by Crippen LogP contribution is 2.17. The predicted molar refractivity (Wildman–Crippen MR) is 76.1 cm³/mol. The van der Waals surface area contributed by atoms with Gasteiger partial charge in [-0.3, -0.25) is 4.79 Å². The fraction of sp³-hybridized carbons (Fsp3) is 0.0667. The summed E-state index contributed by atoms with van der Waals surface area (Å²) < 4.78 is 18.7. The van der Waals surface area contributed by atoms with Crippen molar-refractivity contribution in [2.24, 2.45) is 0 Å². The Morgan fingerprint density at radius 1 is 1.29 bits per heavy atom. The van der Waals surface area contributed by atoms with E-state index in [0.29, 0.717) is 17.0 Å². The fourth-order valence-electron chi connectivity index (χ4n) is 1.60. The molecule has 6 heteroatoms. The van der Waals surface area contributed by atoms with Gasteiger partial charge in [0.1, 0.15) is 11.6 Å². The van der Waals surface area contributed by atoms with E-state index in [0.717, 1.165) is 0 Å². The van der Waals surface area contributed by atoms with Crippen LogP contribution in [0.5, 0.6) is 5.75 Å².